The predicted molar refractivity (Wildman–Crippen MR) is 94.7 cm³/mol. The quantitative estimate of drug-likeness (QED) is 0.804. The summed E-state index contributed by atoms with van der Waals surface area (Å²) in [4.78, 5) is 23.9. The van der Waals surface area contributed by atoms with Gasteiger partial charge < -0.3 is 10.1 Å². The Morgan fingerprint density at radius 2 is 1.84 bits per heavy atom. The lowest BCUT2D eigenvalue weighted by molar-refractivity contribution is -0.115. The van der Waals surface area contributed by atoms with E-state index in [4.69, 9.17) is 11.6 Å². The molecule has 2 rings (SSSR count). The fraction of sp³-hybridized carbons (Fsp3) is 0.176. The summed E-state index contributed by atoms with van der Waals surface area (Å²) < 4.78 is 28.2. The molecule has 0 saturated heterocycles. The molecule has 0 aliphatic carbocycles. The highest BCUT2D eigenvalue weighted by Gasteiger charge is 2.16. The third-order valence-electron chi connectivity index (χ3n) is 3.38. The second-order valence-electron chi connectivity index (χ2n) is 5.29. The largest absolute Gasteiger partial charge is 0.465 e. The number of esters is 1. The third-order valence-corrected chi connectivity index (χ3v) is 4.91. The second kappa shape index (κ2) is 7.67. The molecule has 25 heavy (non-hydrogen) atoms. The van der Waals surface area contributed by atoms with Gasteiger partial charge in [0.05, 0.1) is 34.7 Å². The number of halogens is 1. The van der Waals surface area contributed by atoms with Crippen molar-refractivity contribution < 1.29 is 22.7 Å². The number of carbonyl (C=O) groups is 2. The van der Waals surface area contributed by atoms with Crippen LogP contribution in [0.15, 0.2) is 47.4 Å². The fourth-order valence-corrected chi connectivity index (χ4v) is 3.35. The number of sulfone groups is 1. The second-order valence-corrected chi connectivity index (χ2v) is 7.68. The molecule has 132 valence electrons. The predicted octanol–water partition coefficient (Wildman–Crippen LogP) is 2.71. The average molecular weight is 382 g/mol. The molecule has 0 heterocycles. The Morgan fingerprint density at radius 1 is 1.16 bits per heavy atom. The molecule has 8 heteroatoms. The molecule has 2 aromatic rings. The smallest absolute Gasteiger partial charge is 0.337 e. The summed E-state index contributed by atoms with van der Waals surface area (Å²) in [7, 11) is -2.20. The van der Waals surface area contributed by atoms with Crippen LogP contribution in [0.25, 0.3) is 0 Å². The summed E-state index contributed by atoms with van der Waals surface area (Å²) in [5.74, 6) is -1.02. The number of hydrogen-bond donors (Lipinski definition) is 1. The fourth-order valence-electron chi connectivity index (χ4n) is 2.24. The van der Waals surface area contributed by atoms with Crippen LogP contribution in [0.2, 0.25) is 5.02 Å². The highest BCUT2D eigenvalue weighted by molar-refractivity contribution is 7.90. The van der Waals surface area contributed by atoms with Crippen molar-refractivity contribution in [3.05, 3.63) is 58.6 Å². The van der Waals surface area contributed by atoms with E-state index in [2.05, 4.69) is 10.1 Å². The number of benzene rings is 2. The SMILES string of the molecule is COC(=O)c1ccc(Cl)c(NC(=O)Cc2ccccc2S(C)(=O)=O)c1. The molecule has 0 fully saturated rings. The van der Waals surface area contributed by atoms with E-state index in [1.54, 1.807) is 18.2 Å². The molecule has 1 N–H and O–H groups in total. The van der Waals surface area contributed by atoms with E-state index < -0.39 is 21.7 Å². The first-order valence-electron chi connectivity index (χ1n) is 7.18. The van der Waals surface area contributed by atoms with Crippen LogP contribution in [0.1, 0.15) is 15.9 Å². The Balaban J connectivity index is 2.23. The number of rotatable bonds is 5. The van der Waals surface area contributed by atoms with Crippen molar-refractivity contribution in [2.45, 2.75) is 11.3 Å². The highest BCUT2D eigenvalue weighted by Crippen LogP contribution is 2.24. The minimum atomic E-state index is -3.45. The van der Waals surface area contributed by atoms with Gasteiger partial charge in [0.25, 0.3) is 0 Å². The zero-order valence-electron chi connectivity index (χ0n) is 13.6. The number of nitrogens with one attached hydrogen (secondary N) is 1. The van der Waals surface area contributed by atoms with E-state index in [-0.39, 0.29) is 27.6 Å². The van der Waals surface area contributed by atoms with E-state index in [1.807, 2.05) is 0 Å². The lowest BCUT2D eigenvalue weighted by Crippen LogP contribution is -2.17. The van der Waals surface area contributed by atoms with Crippen LogP contribution in [-0.4, -0.2) is 33.7 Å². The van der Waals surface area contributed by atoms with Gasteiger partial charge in [0.2, 0.25) is 5.91 Å². The van der Waals surface area contributed by atoms with Crippen LogP contribution >= 0.6 is 11.6 Å². The van der Waals surface area contributed by atoms with Gasteiger partial charge in [0, 0.05) is 6.26 Å². The van der Waals surface area contributed by atoms with Gasteiger partial charge in [0.15, 0.2) is 9.84 Å². The Labute approximate surface area is 150 Å². The Hall–Kier alpha value is -2.38. The zero-order valence-corrected chi connectivity index (χ0v) is 15.1. The highest BCUT2D eigenvalue weighted by atomic mass is 35.5. The number of carbonyl (C=O) groups excluding carboxylic acids is 2. The summed E-state index contributed by atoms with van der Waals surface area (Å²) in [6.45, 7) is 0. The molecule has 1 amide bonds. The Morgan fingerprint density at radius 3 is 2.48 bits per heavy atom. The van der Waals surface area contributed by atoms with E-state index in [1.165, 1.54) is 31.4 Å². The summed E-state index contributed by atoms with van der Waals surface area (Å²) in [5, 5.41) is 2.83. The maximum absolute atomic E-state index is 12.3. The van der Waals surface area contributed by atoms with Crippen LogP contribution in [0.4, 0.5) is 5.69 Å². The Kier molecular flexibility index (Phi) is 5.81. The van der Waals surface area contributed by atoms with Gasteiger partial charge in [-0.3, -0.25) is 4.79 Å². The first kappa shape index (κ1) is 19.0. The number of anilines is 1. The minimum absolute atomic E-state index is 0.0968. The van der Waals surface area contributed by atoms with Gasteiger partial charge in [-0.2, -0.15) is 0 Å². The summed E-state index contributed by atoms with van der Waals surface area (Å²) in [5.41, 5.74) is 0.855. The van der Waals surface area contributed by atoms with Crippen molar-refractivity contribution in [3.8, 4) is 0 Å². The Bertz CT molecular complexity index is 924. The van der Waals surface area contributed by atoms with Gasteiger partial charge in [-0.05, 0) is 29.8 Å². The molecule has 0 atom stereocenters. The van der Waals surface area contributed by atoms with Crippen LogP contribution in [-0.2, 0) is 25.8 Å². The third kappa shape index (κ3) is 4.80. The average Bonchev–Trinajstić information content (AvgIpc) is 2.55. The van der Waals surface area contributed by atoms with Crippen LogP contribution in [0.5, 0.6) is 0 Å². The number of hydrogen-bond acceptors (Lipinski definition) is 5. The molecule has 0 spiro atoms. The van der Waals surface area contributed by atoms with Crippen LogP contribution < -0.4 is 5.32 Å². The van der Waals surface area contributed by atoms with Gasteiger partial charge in [-0.15, -0.1) is 0 Å². The van der Waals surface area contributed by atoms with Crippen molar-refractivity contribution in [2.24, 2.45) is 0 Å². The molecule has 0 aromatic heterocycles. The van der Waals surface area contributed by atoms with Crippen molar-refractivity contribution in [2.75, 3.05) is 18.7 Å². The van der Waals surface area contributed by atoms with Crippen molar-refractivity contribution >= 4 is 39.0 Å². The molecule has 0 unspecified atom stereocenters. The lowest BCUT2D eigenvalue weighted by atomic mass is 10.1. The van der Waals surface area contributed by atoms with Crippen LogP contribution in [0, 0.1) is 0 Å². The maximum atomic E-state index is 12.3. The molecule has 0 bridgehead atoms. The monoisotopic (exact) mass is 381 g/mol. The summed E-state index contributed by atoms with van der Waals surface area (Å²) in [6.07, 6.45) is 0.933. The summed E-state index contributed by atoms with van der Waals surface area (Å²) >= 11 is 6.03. The van der Waals surface area contributed by atoms with Crippen molar-refractivity contribution in [3.63, 3.8) is 0 Å². The molecule has 0 saturated carbocycles. The van der Waals surface area contributed by atoms with Gasteiger partial charge in [0.1, 0.15) is 0 Å². The van der Waals surface area contributed by atoms with E-state index in [0.717, 1.165) is 6.26 Å². The topological polar surface area (TPSA) is 89.5 Å². The standard InChI is InChI=1S/C17H16ClNO5S/c1-24-17(21)12-7-8-13(18)14(9-12)19-16(20)10-11-5-3-4-6-15(11)25(2,22)23/h3-9H,10H2,1-2H3,(H,19,20). The van der Waals surface area contributed by atoms with E-state index in [0.29, 0.717) is 5.56 Å². The zero-order chi connectivity index (χ0) is 18.6. The summed E-state index contributed by atoms with van der Waals surface area (Å²) in [6, 6.07) is 10.6. The number of amides is 1. The molecule has 2 aromatic carbocycles. The van der Waals surface area contributed by atoms with E-state index >= 15 is 0 Å². The first-order valence-corrected chi connectivity index (χ1v) is 9.45. The number of methoxy groups -OCH3 is 1. The molecule has 0 radical (unpaired) electrons. The van der Waals surface area contributed by atoms with Crippen molar-refractivity contribution in [1.82, 2.24) is 0 Å². The minimum Gasteiger partial charge on any atom is -0.465 e. The molecule has 0 aliphatic heterocycles. The molecular weight excluding hydrogens is 366 g/mol. The molecule has 6 nitrogen and oxygen atoms in total. The lowest BCUT2D eigenvalue weighted by Gasteiger charge is -2.11. The van der Waals surface area contributed by atoms with Gasteiger partial charge >= 0.3 is 5.97 Å². The molecule has 0 aliphatic rings. The normalized spacial score (nSPS) is 11.0. The van der Waals surface area contributed by atoms with Crippen LogP contribution in [0.3, 0.4) is 0 Å². The van der Waals surface area contributed by atoms with E-state index in [9.17, 15) is 18.0 Å². The number of ether oxygens (including phenoxy) is 1. The molecular formula is C17H16ClNO5S. The first-order chi connectivity index (χ1) is 11.7. The van der Waals surface area contributed by atoms with Gasteiger partial charge in [-0.25, -0.2) is 13.2 Å². The van der Waals surface area contributed by atoms with Crippen molar-refractivity contribution in [1.29, 1.82) is 0 Å². The maximum Gasteiger partial charge on any atom is 0.337 e. The van der Waals surface area contributed by atoms with Gasteiger partial charge in [-0.1, -0.05) is 29.8 Å².